The molecular formula is C9H6BrNO2. The third-order valence-electron chi connectivity index (χ3n) is 1.55. The van der Waals surface area contributed by atoms with E-state index in [1.165, 1.54) is 19.1 Å². The molecule has 0 spiro atoms. The smallest absolute Gasteiger partial charge is 0.164 e. The first-order valence-electron chi connectivity index (χ1n) is 3.50. The number of carbonyl (C=O) groups is 1. The lowest BCUT2D eigenvalue weighted by atomic mass is 10.1. The van der Waals surface area contributed by atoms with Crippen LogP contribution in [0.1, 0.15) is 22.8 Å². The number of halogens is 1. The zero-order chi connectivity index (χ0) is 10.0. The van der Waals surface area contributed by atoms with Crippen LogP contribution in [-0.2, 0) is 0 Å². The van der Waals surface area contributed by atoms with Gasteiger partial charge >= 0.3 is 0 Å². The summed E-state index contributed by atoms with van der Waals surface area (Å²) < 4.78 is 0.441. The summed E-state index contributed by atoms with van der Waals surface area (Å²) in [5, 5.41) is 17.9. The normalized spacial score (nSPS) is 9.31. The zero-order valence-corrected chi connectivity index (χ0v) is 8.42. The Morgan fingerprint density at radius 2 is 2.23 bits per heavy atom. The highest BCUT2D eigenvalue weighted by atomic mass is 79.9. The van der Waals surface area contributed by atoms with E-state index < -0.39 is 0 Å². The molecule has 0 saturated heterocycles. The summed E-state index contributed by atoms with van der Waals surface area (Å²) in [6, 6.07) is 4.64. The van der Waals surface area contributed by atoms with Crippen molar-refractivity contribution in [2.24, 2.45) is 0 Å². The molecule has 3 nitrogen and oxygen atoms in total. The van der Waals surface area contributed by atoms with Crippen molar-refractivity contribution in [2.75, 3.05) is 0 Å². The van der Waals surface area contributed by atoms with Gasteiger partial charge in [0.1, 0.15) is 5.75 Å². The number of phenols is 1. The topological polar surface area (TPSA) is 61.1 Å². The molecule has 0 atom stereocenters. The second-order valence-electron chi connectivity index (χ2n) is 2.52. The molecule has 1 rings (SSSR count). The van der Waals surface area contributed by atoms with E-state index in [9.17, 15) is 9.90 Å². The van der Waals surface area contributed by atoms with Crippen LogP contribution in [-0.4, -0.2) is 10.9 Å². The molecule has 0 unspecified atom stereocenters. The van der Waals surface area contributed by atoms with E-state index in [-0.39, 0.29) is 17.1 Å². The summed E-state index contributed by atoms with van der Waals surface area (Å²) in [5.41, 5.74) is 0.522. The van der Waals surface area contributed by atoms with Crippen LogP contribution in [0.4, 0.5) is 0 Å². The van der Waals surface area contributed by atoms with Gasteiger partial charge in [-0.25, -0.2) is 0 Å². The minimum absolute atomic E-state index is 0.168. The summed E-state index contributed by atoms with van der Waals surface area (Å²) in [7, 11) is 0. The SMILES string of the molecule is CC(=O)c1c(O)cc(C#N)cc1Br. The molecule has 0 bridgehead atoms. The quantitative estimate of drug-likeness (QED) is 0.765. The van der Waals surface area contributed by atoms with Crippen molar-refractivity contribution in [1.29, 1.82) is 5.26 Å². The lowest BCUT2D eigenvalue weighted by Crippen LogP contribution is -1.95. The van der Waals surface area contributed by atoms with Crippen molar-refractivity contribution in [3.63, 3.8) is 0 Å². The number of phenolic OH excluding ortho intramolecular Hbond substituents is 1. The maximum Gasteiger partial charge on any atom is 0.164 e. The molecule has 1 aromatic carbocycles. The molecule has 1 N–H and O–H groups in total. The standard InChI is InChI=1S/C9H6BrNO2/c1-5(12)9-7(10)2-6(4-11)3-8(9)13/h2-3,13H,1H3. The first-order chi connectivity index (χ1) is 6.06. The largest absolute Gasteiger partial charge is 0.507 e. The van der Waals surface area contributed by atoms with Gasteiger partial charge in [0.05, 0.1) is 17.2 Å². The van der Waals surface area contributed by atoms with Crippen molar-refractivity contribution in [3.05, 3.63) is 27.7 Å². The van der Waals surface area contributed by atoms with Gasteiger partial charge in [-0.3, -0.25) is 4.79 Å². The van der Waals surface area contributed by atoms with E-state index in [4.69, 9.17) is 5.26 Å². The van der Waals surface area contributed by atoms with Crippen molar-refractivity contribution in [1.82, 2.24) is 0 Å². The molecule has 0 amide bonds. The van der Waals surface area contributed by atoms with Crippen molar-refractivity contribution < 1.29 is 9.90 Å². The number of aromatic hydroxyl groups is 1. The average molecular weight is 240 g/mol. The Balaban J connectivity index is 3.42. The Hall–Kier alpha value is -1.34. The maximum absolute atomic E-state index is 11.0. The minimum Gasteiger partial charge on any atom is -0.507 e. The van der Waals surface area contributed by atoms with E-state index in [0.717, 1.165) is 0 Å². The van der Waals surface area contributed by atoms with E-state index in [2.05, 4.69) is 15.9 Å². The number of nitriles is 1. The Morgan fingerprint density at radius 3 is 2.62 bits per heavy atom. The summed E-state index contributed by atoms with van der Waals surface area (Å²) in [4.78, 5) is 11.0. The van der Waals surface area contributed by atoms with E-state index >= 15 is 0 Å². The lowest BCUT2D eigenvalue weighted by Gasteiger charge is -2.03. The average Bonchev–Trinajstić information content (AvgIpc) is 2.02. The van der Waals surface area contributed by atoms with E-state index in [1.54, 1.807) is 0 Å². The van der Waals surface area contributed by atoms with E-state index in [1.807, 2.05) is 6.07 Å². The van der Waals surface area contributed by atoms with Crippen LogP contribution in [0.2, 0.25) is 0 Å². The van der Waals surface area contributed by atoms with Gasteiger partial charge in [0, 0.05) is 4.47 Å². The number of ketones is 1. The lowest BCUT2D eigenvalue weighted by molar-refractivity contribution is 0.101. The highest BCUT2D eigenvalue weighted by Crippen LogP contribution is 2.27. The summed E-state index contributed by atoms with van der Waals surface area (Å²) in [6.45, 7) is 1.35. The molecule has 13 heavy (non-hydrogen) atoms. The minimum atomic E-state index is -0.242. The van der Waals surface area contributed by atoms with Gasteiger partial charge in [-0.2, -0.15) is 5.26 Å². The van der Waals surface area contributed by atoms with Crippen molar-refractivity contribution >= 4 is 21.7 Å². The van der Waals surface area contributed by atoms with Crippen molar-refractivity contribution in [3.8, 4) is 11.8 Å². The highest BCUT2D eigenvalue weighted by molar-refractivity contribution is 9.10. The van der Waals surface area contributed by atoms with Gasteiger partial charge in [-0.1, -0.05) is 0 Å². The van der Waals surface area contributed by atoms with Crippen LogP contribution in [0.3, 0.4) is 0 Å². The molecule has 0 radical (unpaired) electrons. The molecule has 0 heterocycles. The molecule has 0 aliphatic rings. The molecule has 0 aromatic heterocycles. The second kappa shape index (κ2) is 3.58. The van der Waals surface area contributed by atoms with Crippen LogP contribution < -0.4 is 0 Å². The molecule has 0 aliphatic carbocycles. The van der Waals surface area contributed by atoms with Crippen LogP contribution >= 0.6 is 15.9 Å². The van der Waals surface area contributed by atoms with Gasteiger partial charge in [0.25, 0.3) is 0 Å². The molecule has 0 fully saturated rings. The number of Topliss-reactive ketones (excluding diaryl/α,β-unsaturated/α-hetero) is 1. The Kier molecular flexibility index (Phi) is 2.69. The monoisotopic (exact) mass is 239 g/mol. The third-order valence-corrected chi connectivity index (χ3v) is 2.18. The van der Waals surface area contributed by atoms with Crippen LogP contribution in [0, 0.1) is 11.3 Å². The number of rotatable bonds is 1. The molecular weight excluding hydrogens is 234 g/mol. The second-order valence-corrected chi connectivity index (χ2v) is 3.37. The van der Waals surface area contributed by atoms with Crippen LogP contribution in [0.25, 0.3) is 0 Å². The molecule has 0 saturated carbocycles. The van der Waals surface area contributed by atoms with Crippen LogP contribution in [0.5, 0.6) is 5.75 Å². The van der Waals surface area contributed by atoms with Gasteiger partial charge in [0.2, 0.25) is 0 Å². The zero-order valence-electron chi connectivity index (χ0n) is 6.84. The van der Waals surface area contributed by atoms with E-state index in [0.29, 0.717) is 10.0 Å². The van der Waals surface area contributed by atoms with Gasteiger partial charge in [-0.05, 0) is 35.0 Å². The van der Waals surface area contributed by atoms with Gasteiger partial charge in [0.15, 0.2) is 5.78 Å². The predicted octanol–water partition coefficient (Wildman–Crippen LogP) is 2.23. The molecule has 0 aliphatic heterocycles. The Labute approximate surface area is 83.7 Å². The van der Waals surface area contributed by atoms with Crippen LogP contribution in [0.15, 0.2) is 16.6 Å². The molecule has 66 valence electrons. The fourth-order valence-electron chi connectivity index (χ4n) is 1.01. The highest BCUT2D eigenvalue weighted by Gasteiger charge is 2.12. The Morgan fingerprint density at radius 1 is 1.62 bits per heavy atom. The molecule has 4 heteroatoms. The first-order valence-corrected chi connectivity index (χ1v) is 4.29. The summed E-state index contributed by atoms with van der Waals surface area (Å²) in [6.07, 6.45) is 0. The molecule has 1 aromatic rings. The van der Waals surface area contributed by atoms with Gasteiger partial charge in [-0.15, -0.1) is 0 Å². The number of hydrogen-bond donors (Lipinski definition) is 1. The van der Waals surface area contributed by atoms with Gasteiger partial charge < -0.3 is 5.11 Å². The fourth-order valence-corrected chi connectivity index (χ4v) is 1.73. The number of carbonyl (C=O) groups excluding carboxylic acids is 1. The predicted molar refractivity (Wildman–Crippen MR) is 50.5 cm³/mol. The number of nitrogens with zero attached hydrogens (tertiary/aromatic N) is 1. The van der Waals surface area contributed by atoms with Crippen molar-refractivity contribution in [2.45, 2.75) is 6.92 Å². The Bertz CT molecular complexity index is 384. The number of hydrogen-bond acceptors (Lipinski definition) is 3. The summed E-state index contributed by atoms with van der Waals surface area (Å²) in [5.74, 6) is -0.410. The summed E-state index contributed by atoms with van der Waals surface area (Å²) >= 11 is 3.11. The number of benzene rings is 1. The first kappa shape index (κ1) is 9.75. The fraction of sp³-hybridized carbons (Fsp3) is 0.111. The third kappa shape index (κ3) is 1.87. The maximum atomic E-state index is 11.0.